The summed E-state index contributed by atoms with van der Waals surface area (Å²) in [6, 6.07) is 10.0. The summed E-state index contributed by atoms with van der Waals surface area (Å²) in [5, 5.41) is 6.62. The molecule has 214 valence electrons. The molecule has 1 unspecified atom stereocenters. The molecule has 39 heavy (non-hydrogen) atoms. The maximum Gasteiger partial charge on any atom is 0.323 e. The van der Waals surface area contributed by atoms with E-state index in [9.17, 15) is 13.2 Å². The third-order valence-corrected chi connectivity index (χ3v) is 8.56. The van der Waals surface area contributed by atoms with Crippen LogP contribution in [-0.2, 0) is 26.1 Å². The van der Waals surface area contributed by atoms with Gasteiger partial charge in [0.25, 0.3) is 0 Å². The van der Waals surface area contributed by atoms with Gasteiger partial charge in [-0.05, 0) is 75.3 Å². The lowest BCUT2D eigenvalue weighted by molar-refractivity contribution is -0.162. The van der Waals surface area contributed by atoms with Crippen molar-refractivity contribution >= 4 is 39.0 Å². The predicted molar refractivity (Wildman–Crippen MR) is 158 cm³/mol. The fourth-order valence-electron chi connectivity index (χ4n) is 4.38. The Kier molecular flexibility index (Phi) is 11.2. The van der Waals surface area contributed by atoms with Gasteiger partial charge in [-0.2, -0.15) is 4.31 Å². The summed E-state index contributed by atoms with van der Waals surface area (Å²) >= 11 is 5.35. The van der Waals surface area contributed by atoms with Crippen LogP contribution in [0, 0.1) is 0 Å². The number of pyridine rings is 1. The van der Waals surface area contributed by atoms with E-state index in [1.807, 2.05) is 32.9 Å². The van der Waals surface area contributed by atoms with Crippen molar-refractivity contribution in [2.24, 2.45) is 0 Å². The Bertz CT molecular complexity index is 1180. The van der Waals surface area contributed by atoms with Crippen LogP contribution >= 0.6 is 12.2 Å². The van der Waals surface area contributed by atoms with E-state index < -0.39 is 15.6 Å². The van der Waals surface area contributed by atoms with Gasteiger partial charge in [0, 0.05) is 50.8 Å². The van der Waals surface area contributed by atoms with Crippen LogP contribution in [-0.4, -0.2) is 71.5 Å². The average Bonchev–Trinajstić information content (AvgIpc) is 2.90. The molecule has 1 saturated heterocycles. The first-order valence-corrected chi connectivity index (χ1v) is 15.4. The van der Waals surface area contributed by atoms with Gasteiger partial charge in [-0.25, -0.2) is 8.42 Å². The van der Waals surface area contributed by atoms with Gasteiger partial charge in [0.1, 0.15) is 11.6 Å². The van der Waals surface area contributed by atoms with Crippen LogP contribution in [0.3, 0.4) is 0 Å². The summed E-state index contributed by atoms with van der Waals surface area (Å²) in [5.74, 6) is -0.231. The van der Waals surface area contributed by atoms with E-state index in [0.717, 1.165) is 24.8 Å². The van der Waals surface area contributed by atoms with Crippen LogP contribution in [0.4, 0.5) is 5.69 Å². The zero-order chi connectivity index (χ0) is 28.5. The number of hydrogen-bond acceptors (Lipinski definition) is 7. The topological polar surface area (TPSA) is 104 Å². The molecule has 0 aliphatic carbocycles. The largest absolute Gasteiger partial charge is 0.459 e. The fraction of sp³-hybridized carbons (Fsp3) is 0.536. The third kappa shape index (κ3) is 9.52. The van der Waals surface area contributed by atoms with Crippen molar-refractivity contribution in [1.82, 2.24) is 19.5 Å². The van der Waals surface area contributed by atoms with Crippen molar-refractivity contribution < 1.29 is 17.9 Å². The SMILES string of the molecule is CCCCCC(C(=O)OC(C)(C)C)N1CCN(S(=O)(=O)c2ccc(NC(=S)NCc3cccnc3)cc2)CC1. The molecule has 1 aliphatic heterocycles. The van der Waals surface area contributed by atoms with Crippen LogP contribution in [0.25, 0.3) is 0 Å². The van der Waals surface area contributed by atoms with Gasteiger partial charge in [0.15, 0.2) is 5.11 Å². The summed E-state index contributed by atoms with van der Waals surface area (Å²) in [7, 11) is -3.67. The zero-order valence-corrected chi connectivity index (χ0v) is 25.0. The standard InChI is InChI=1S/C28H41N5O4S2/c1-5-6-7-10-25(26(34)37-28(2,3)4)32-16-18-33(19-17-32)39(35,36)24-13-11-23(12-14-24)31-27(38)30-21-22-9-8-15-29-20-22/h8-9,11-15,20,25H,5-7,10,16-19,21H2,1-4H3,(H2,30,31,38). The number of ether oxygens (including phenoxy) is 1. The Morgan fingerprint density at radius 3 is 2.38 bits per heavy atom. The molecular formula is C28H41N5O4S2. The second-order valence-corrected chi connectivity index (χ2v) is 13.0. The van der Waals surface area contributed by atoms with Gasteiger partial charge in [-0.15, -0.1) is 0 Å². The second-order valence-electron chi connectivity index (χ2n) is 10.7. The smallest absolute Gasteiger partial charge is 0.323 e. The number of aromatic nitrogens is 1. The van der Waals surface area contributed by atoms with E-state index in [4.69, 9.17) is 17.0 Å². The van der Waals surface area contributed by atoms with Crippen molar-refractivity contribution in [3.63, 3.8) is 0 Å². The molecule has 1 atom stereocenters. The predicted octanol–water partition coefficient (Wildman–Crippen LogP) is 4.17. The minimum Gasteiger partial charge on any atom is -0.459 e. The molecule has 2 heterocycles. The number of unbranched alkanes of at least 4 members (excludes halogenated alkanes) is 2. The molecule has 0 saturated carbocycles. The highest BCUT2D eigenvalue weighted by Crippen LogP contribution is 2.23. The Hall–Kier alpha value is -2.60. The summed E-state index contributed by atoms with van der Waals surface area (Å²) in [4.78, 5) is 19.3. The van der Waals surface area contributed by atoms with E-state index in [2.05, 4.69) is 27.4 Å². The minimum atomic E-state index is -3.67. The zero-order valence-electron chi connectivity index (χ0n) is 23.4. The molecule has 1 aliphatic rings. The summed E-state index contributed by atoms with van der Waals surface area (Å²) in [6.07, 6.45) is 7.23. The fourth-order valence-corrected chi connectivity index (χ4v) is 5.99. The Balaban J connectivity index is 1.56. The quantitative estimate of drug-likeness (QED) is 0.232. The molecule has 9 nitrogen and oxygen atoms in total. The first-order valence-electron chi connectivity index (χ1n) is 13.5. The molecule has 11 heteroatoms. The second kappa shape index (κ2) is 14.2. The molecule has 0 bridgehead atoms. The van der Waals surface area contributed by atoms with Crippen LogP contribution < -0.4 is 10.6 Å². The normalized spacial score (nSPS) is 15.9. The van der Waals surface area contributed by atoms with Gasteiger partial charge in [0.2, 0.25) is 10.0 Å². The minimum absolute atomic E-state index is 0.224. The Morgan fingerprint density at radius 2 is 1.79 bits per heavy atom. The number of hydrogen-bond donors (Lipinski definition) is 2. The number of benzene rings is 1. The highest BCUT2D eigenvalue weighted by atomic mass is 32.2. The number of carbonyl (C=O) groups is 1. The summed E-state index contributed by atoms with van der Waals surface area (Å²) in [5.41, 5.74) is 1.13. The lowest BCUT2D eigenvalue weighted by Crippen LogP contribution is -2.54. The number of anilines is 1. The van der Waals surface area contributed by atoms with Gasteiger partial charge in [-0.3, -0.25) is 14.7 Å². The van der Waals surface area contributed by atoms with Crippen LogP contribution in [0.2, 0.25) is 0 Å². The summed E-state index contributed by atoms with van der Waals surface area (Å²) in [6.45, 7) is 9.85. The van der Waals surface area contributed by atoms with Gasteiger partial charge in [0.05, 0.1) is 4.90 Å². The van der Waals surface area contributed by atoms with Crippen molar-refractivity contribution in [1.29, 1.82) is 0 Å². The van der Waals surface area contributed by atoms with E-state index in [0.29, 0.717) is 49.9 Å². The Labute approximate surface area is 238 Å². The lowest BCUT2D eigenvalue weighted by Gasteiger charge is -2.38. The third-order valence-electron chi connectivity index (χ3n) is 6.40. The van der Waals surface area contributed by atoms with E-state index >= 15 is 0 Å². The lowest BCUT2D eigenvalue weighted by atomic mass is 10.1. The van der Waals surface area contributed by atoms with E-state index in [-0.39, 0.29) is 16.9 Å². The van der Waals surface area contributed by atoms with E-state index in [1.54, 1.807) is 36.7 Å². The van der Waals surface area contributed by atoms with Crippen molar-refractivity contribution in [3.05, 3.63) is 54.4 Å². The number of carbonyl (C=O) groups excluding carboxylic acids is 1. The molecule has 0 radical (unpaired) electrons. The number of nitrogens with one attached hydrogen (secondary N) is 2. The number of esters is 1. The van der Waals surface area contributed by atoms with Crippen LogP contribution in [0.1, 0.15) is 58.9 Å². The molecule has 3 rings (SSSR count). The van der Waals surface area contributed by atoms with Crippen molar-refractivity contribution in [3.8, 4) is 0 Å². The number of piperazine rings is 1. The van der Waals surface area contributed by atoms with Gasteiger partial charge >= 0.3 is 5.97 Å². The molecule has 2 N–H and O–H groups in total. The molecule has 1 fully saturated rings. The maximum atomic E-state index is 13.3. The molecule has 2 aromatic rings. The maximum absolute atomic E-state index is 13.3. The molecular weight excluding hydrogens is 534 g/mol. The number of thiocarbonyl (C=S) groups is 1. The molecule has 0 amide bonds. The van der Waals surface area contributed by atoms with E-state index in [1.165, 1.54) is 4.31 Å². The molecule has 1 aromatic heterocycles. The Morgan fingerprint density at radius 1 is 1.10 bits per heavy atom. The summed E-state index contributed by atoms with van der Waals surface area (Å²) < 4.78 is 33.9. The number of nitrogens with zero attached hydrogens (tertiary/aromatic N) is 3. The number of rotatable bonds is 11. The number of sulfonamides is 1. The van der Waals surface area contributed by atoms with Crippen molar-refractivity contribution in [2.75, 3.05) is 31.5 Å². The first kappa shape index (κ1) is 30.9. The van der Waals surface area contributed by atoms with Crippen LogP contribution in [0.5, 0.6) is 0 Å². The average molecular weight is 576 g/mol. The molecule has 1 aromatic carbocycles. The van der Waals surface area contributed by atoms with Crippen molar-refractivity contribution in [2.45, 2.75) is 76.5 Å². The highest BCUT2D eigenvalue weighted by molar-refractivity contribution is 7.89. The highest BCUT2D eigenvalue weighted by Gasteiger charge is 2.35. The van der Waals surface area contributed by atoms with Gasteiger partial charge in [-0.1, -0.05) is 32.3 Å². The first-order chi connectivity index (χ1) is 18.5. The van der Waals surface area contributed by atoms with Crippen LogP contribution in [0.15, 0.2) is 53.7 Å². The van der Waals surface area contributed by atoms with Gasteiger partial charge < -0.3 is 15.4 Å². The monoisotopic (exact) mass is 575 g/mol. The molecule has 0 spiro atoms.